The quantitative estimate of drug-likeness (QED) is 0.0482. The Morgan fingerprint density at radius 2 is 1.86 bits per heavy atom. The minimum Gasteiger partial charge on any atom is -0.477 e. The van der Waals surface area contributed by atoms with Crippen molar-refractivity contribution in [3.63, 3.8) is 0 Å². The van der Waals surface area contributed by atoms with Crippen LogP contribution in [0.1, 0.15) is 32.1 Å². The van der Waals surface area contributed by atoms with Crippen molar-refractivity contribution in [1.29, 1.82) is 0 Å². The van der Waals surface area contributed by atoms with E-state index in [0.29, 0.717) is 23.3 Å². The van der Waals surface area contributed by atoms with Crippen LogP contribution in [0, 0.1) is 5.92 Å². The Bertz CT molecular complexity index is 1320. The number of carboxylic acids is 1. The molecule has 1 saturated carbocycles. The van der Waals surface area contributed by atoms with Gasteiger partial charge in [-0.1, -0.05) is 18.6 Å². The highest BCUT2D eigenvalue weighted by Crippen LogP contribution is 2.42. The van der Waals surface area contributed by atoms with Gasteiger partial charge in [-0.25, -0.2) is 9.59 Å². The van der Waals surface area contributed by atoms with Crippen LogP contribution in [0.3, 0.4) is 0 Å². The summed E-state index contributed by atoms with van der Waals surface area (Å²) < 4.78 is 28.3. The van der Waals surface area contributed by atoms with Gasteiger partial charge in [0.2, 0.25) is 17.9 Å². The van der Waals surface area contributed by atoms with Gasteiger partial charge in [0.05, 0.1) is 25.9 Å². The molecule has 274 valence electrons. The van der Waals surface area contributed by atoms with Crippen LogP contribution in [0.4, 0.5) is 0 Å². The number of nitrogens with one attached hydrogen (secondary N) is 2. The normalized spacial score (nSPS) is 34.3. The van der Waals surface area contributed by atoms with Gasteiger partial charge in [0.1, 0.15) is 54.5 Å². The first-order chi connectivity index (χ1) is 23.2. The number of aliphatic hydroxyl groups excluding tert-OH is 3. The van der Waals surface area contributed by atoms with E-state index in [9.17, 15) is 50.4 Å². The molecular formula is C32H47N2O15+. The highest BCUT2D eigenvalue weighted by molar-refractivity contribution is 5.92. The van der Waals surface area contributed by atoms with E-state index >= 15 is 0 Å². The lowest BCUT2D eigenvalue weighted by molar-refractivity contribution is -0.842. The Hall–Kier alpha value is -3.04. The summed E-state index contributed by atoms with van der Waals surface area (Å²) in [5.41, 5.74) is -2.49. The number of hydrogen-bond acceptors (Lipinski definition) is 15. The van der Waals surface area contributed by atoms with Crippen molar-refractivity contribution in [3.8, 4) is 0 Å². The average molecular weight is 700 g/mol. The van der Waals surface area contributed by atoms with Crippen molar-refractivity contribution >= 4 is 11.9 Å². The second kappa shape index (κ2) is 16.3. The molecular weight excluding hydrogens is 652 g/mol. The maximum atomic E-state index is 13.6. The van der Waals surface area contributed by atoms with Gasteiger partial charge in [0.15, 0.2) is 12.4 Å². The molecule has 10 N–H and O–H groups in total. The van der Waals surface area contributed by atoms with Crippen molar-refractivity contribution in [2.75, 3.05) is 40.1 Å². The second-order valence-corrected chi connectivity index (χ2v) is 12.5. The molecule has 4 aliphatic rings. The zero-order valence-electron chi connectivity index (χ0n) is 27.1. The van der Waals surface area contributed by atoms with E-state index in [1.165, 1.54) is 37.6 Å². The molecule has 0 radical (unpaired) electrons. The zero-order chi connectivity index (χ0) is 36.0. The van der Waals surface area contributed by atoms with Crippen LogP contribution >= 0.6 is 0 Å². The summed E-state index contributed by atoms with van der Waals surface area (Å²) in [5.74, 6) is -8.51. The van der Waals surface area contributed by atoms with Gasteiger partial charge in [-0.2, -0.15) is 0 Å². The lowest BCUT2D eigenvalue weighted by Crippen LogP contribution is -3.08. The maximum Gasteiger partial charge on any atom is 0.342 e. The van der Waals surface area contributed by atoms with E-state index in [2.05, 4.69) is 11.9 Å². The van der Waals surface area contributed by atoms with Gasteiger partial charge in [-0.15, -0.1) is 6.58 Å². The molecule has 49 heavy (non-hydrogen) atoms. The van der Waals surface area contributed by atoms with Gasteiger partial charge in [0, 0.05) is 18.4 Å². The van der Waals surface area contributed by atoms with E-state index in [0.717, 1.165) is 12.7 Å². The van der Waals surface area contributed by atoms with Gasteiger partial charge < -0.3 is 69.4 Å². The highest BCUT2D eigenvalue weighted by Gasteiger charge is 2.58. The fourth-order valence-electron chi connectivity index (χ4n) is 6.26. The molecule has 1 saturated heterocycles. The molecule has 0 bridgehead atoms. The fraction of sp³-hybridized carbons (Fsp3) is 0.625. The van der Waals surface area contributed by atoms with Crippen molar-refractivity contribution < 1.29 is 79.0 Å². The predicted molar refractivity (Wildman–Crippen MR) is 165 cm³/mol. The molecule has 1 aliphatic carbocycles. The Morgan fingerprint density at radius 1 is 1.14 bits per heavy atom. The topological polar surface area (TPSA) is 259 Å². The molecule has 0 aromatic rings. The van der Waals surface area contributed by atoms with Crippen LogP contribution in [-0.2, 0) is 33.3 Å². The summed E-state index contributed by atoms with van der Waals surface area (Å²) in [7, 11) is 1.50. The third kappa shape index (κ3) is 8.65. The first kappa shape index (κ1) is 38.8. The van der Waals surface area contributed by atoms with Gasteiger partial charge in [0.25, 0.3) is 0 Å². The number of ether oxygens (including phenoxy) is 5. The van der Waals surface area contributed by atoms with Crippen LogP contribution in [0.5, 0.6) is 0 Å². The number of aliphatic carboxylic acids is 1. The lowest BCUT2D eigenvalue weighted by atomic mass is 9.78. The van der Waals surface area contributed by atoms with Crippen molar-refractivity contribution in [3.05, 3.63) is 60.1 Å². The third-order valence-corrected chi connectivity index (χ3v) is 8.93. The zero-order valence-corrected chi connectivity index (χ0v) is 27.1. The largest absolute Gasteiger partial charge is 0.477 e. The van der Waals surface area contributed by atoms with Crippen LogP contribution in [0.15, 0.2) is 60.1 Å². The number of carbonyl (C=O) groups is 2. The Morgan fingerprint density at radius 3 is 2.47 bits per heavy atom. The number of aliphatic hydroxyl groups is 7. The summed E-state index contributed by atoms with van der Waals surface area (Å²) in [6.45, 7) is 2.85. The number of hydrogen-bond donors (Lipinski definition) is 10. The molecule has 4 rings (SSSR count). The summed E-state index contributed by atoms with van der Waals surface area (Å²) >= 11 is 0. The summed E-state index contributed by atoms with van der Waals surface area (Å²) in [6.07, 6.45) is 1.17. The van der Waals surface area contributed by atoms with Crippen LogP contribution < -0.4 is 10.2 Å². The number of rotatable bonds is 14. The molecule has 1 unspecified atom stereocenters. The second-order valence-electron chi connectivity index (χ2n) is 12.5. The van der Waals surface area contributed by atoms with Gasteiger partial charge in [-0.3, -0.25) is 5.32 Å². The molecule has 17 nitrogen and oxygen atoms in total. The molecule has 0 amide bonds. The minimum absolute atomic E-state index is 0.0660. The molecule has 17 heteroatoms. The summed E-state index contributed by atoms with van der Waals surface area (Å²) in [6, 6.07) is 0. The SMILES string of the molecule is C=C[C@H]1[C@H](O[C@@H]2O[C@H](CO)[C@@H](O)C(O)(O)[C@H]2OCNC)OC=C(C(=O)OC2(O)CCCCC2)[C@@]1(O)/C=C/C1=CC(C(=O)O)=C[NH+](CCO)C1. The summed E-state index contributed by atoms with van der Waals surface area (Å²) in [4.78, 5) is 26.1. The number of quaternary nitrogens is 1. The maximum absolute atomic E-state index is 13.6. The Labute approximate surface area is 282 Å². The average Bonchev–Trinajstić information content (AvgIpc) is 3.05. The Balaban J connectivity index is 1.73. The van der Waals surface area contributed by atoms with E-state index in [1.54, 1.807) is 0 Å². The smallest absolute Gasteiger partial charge is 0.342 e. The monoisotopic (exact) mass is 699 g/mol. The number of carbonyl (C=O) groups excluding carboxylic acids is 1. The third-order valence-electron chi connectivity index (χ3n) is 8.93. The number of esters is 1. The molecule has 0 spiro atoms. The van der Waals surface area contributed by atoms with E-state index < -0.39 is 78.1 Å². The van der Waals surface area contributed by atoms with Gasteiger partial charge in [-0.05, 0) is 32.0 Å². The van der Waals surface area contributed by atoms with Crippen molar-refractivity contribution in [1.82, 2.24) is 5.32 Å². The van der Waals surface area contributed by atoms with Crippen molar-refractivity contribution in [2.24, 2.45) is 5.92 Å². The molecule has 3 heterocycles. The molecule has 0 aromatic carbocycles. The summed E-state index contributed by atoms with van der Waals surface area (Å²) in [5, 5.41) is 86.9. The van der Waals surface area contributed by atoms with E-state index in [4.69, 9.17) is 23.7 Å². The molecule has 3 aliphatic heterocycles. The van der Waals surface area contributed by atoms with E-state index in [-0.39, 0.29) is 44.8 Å². The Kier molecular flexibility index (Phi) is 12.9. The van der Waals surface area contributed by atoms with Crippen LogP contribution in [0.25, 0.3) is 0 Å². The highest BCUT2D eigenvalue weighted by atomic mass is 16.8. The molecule has 2 fully saturated rings. The van der Waals surface area contributed by atoms with Crippen LogP contribution in [0.2, 0.25) is 0 Å². The minimum atomic E-state index is -2.99. The molecule has 8 atom stereocenters. The predicted octanol–water partition coefficient (Wildman–Crippen LogP) is -3.36. The van der Waals surface area contributed by atoms with Crippen molar-refractivity contribution in [2.45, 2.75) is 80.2 Å². The first-order valence-electron chi connectivity index (χ1n) is 16.0. The first-order valence-corrected chi connectivity index (χ1v) is 16.0. The standard InChI is InChI=1S/C32H46N2O15/c1-3-21-28(48-29-25(46-18-33-2)32(43,44)24(37)23(16-36)47-29)45-17-22(27(40)49-30(41)8-5-4-6-9-30)31(21,42)10-7-19-13-20(26(38)39)15-34(14-19)11-12-35/h3,7,10,13,15,17,21,23-25,28-29,33,35-37,41-44H,1,4-6,8-9,11-12,14,16,18H2,2H3,(H,38,39)/p+1/b10-7+/t21-,23+,24+,25-,28-,29-,31+/m0/s1. The van der Waals surface area contributed by atoms with Gasteiger partial charge >= 0.3 is 11.9 Å². The van der Waals surface area contributed by atoms with E-state index in [1.807, 2.05) is 0 Å². The van der Waals surface area contributed by atoms with Crippen LogP contribution in [-0.4, -0.2) is 141 Å². The molecule has 0 aromatic heterocycles. The fourth-order valence-corrected chi connectivity index (χ4v) is 6.26. The number of carboxylic acid groups (broad SMARTS) is 1. The lowest BCUT2D eigenvalue weighted by Gasteiger charge is -2.48.